The predicted octanol–water partition coefficient (Wildman–Crippen LogP) is 5.30. The molecule has 0 aliphatic carbocycles. The third-order valence-electron chi connectivity index (χ3n) is 6.72. The van der Waals surface area contributed by atoms with Crippen LogP contribution in [0.3, 0.4) is 0 Å². The van der Waals surface area contributed by atoms with Crippen LogP contribution in [0.2, 0.25) is 0 Å². The fourth-order valence-corrected chi connectivity index (χ4v) is 4.90. The summed E-state index contributed by atoms with van der Waals surface area (Å²) >= 11 is 3.65. The van der Waals surface area contributed by atoms with Crippen LogP contribution in [0.1, 0.15) is 55.1 Å². The lowest BCUT2D eigenvalue weighted by atomic mass is 9.90. The van der Waals surface area contributed by atoms with Crippen molar-refractivity contribution in [2.45, 2.75) is 46.7 Å². The Labute approximate surface area is 245 Å². The molecule has 3 rings (SSSR count). The summed E-state index contributed by atoms with van der Waals surface area (Å²) in [4.78, 5) is 35.7. The molecule has 0 fully saturated rings. The minimum atomic E-state index is -0.126. The minimum Gasteiger partial charge on any atom is -0.352 e. The van der Waals surface area contributed by atoms with E-state index in [1.54, 1.807) is 20.8 Å². The lowest BCUT2D eigenvalue weighted by molar-refractivity contribution is -0.118. The van der Waals surface area contributed by atoms with E-state index >= 15 is 0 Å². The first kappa shape index (κ1) is 31.2. The van der Waals surface area contributed by atoms with Crippen molar-refractivity contribution in [1.29, 1.82) is 0 Å². The summed E-state index contributed by atoms with van der Waals surface area (Å²) in [5, 5.41) is 17.2. The molecular weight excluding hydrogens is 568 g/mol. The van der Waals surface area contributed by atoms with Gasteiger partial charge in [0.1, 0.15) is 0 Å². The summed E-state index contributed by atoms with van der Waals surface area (Å²) in [6.07, 6.45) is 1.58. The number of hydrogen-bond acceptors (Lipinski definition) is 5. The van der Waals surface area contributed by atoms with Gasteiger partial charge in [0.05, 0.1) is 0 Å². The maximum Gasteiger partial charge on any atom is 0.246 e. The Morgan fingerprint density at radius 1 is 0.675 bits per heavy atom. The summed E-state index contributed by atoms with van der Waals surface area (Å²) in [6.45, 7) is 16.2. The molecule has 0 aliphatic rings. The normalized spacial score (nSPS) is 11.0. The van der Waals surface area contributed by atoms with Gasteiger partial charge >= 0.3 is 0 Å². The van der Waals surface area contributed by atoms with Crippen LogP contribution in [0.25, 0.3) is 21.5 Å². The number of hydrogen-bond donors (Lipinski definition) is 4. The first-order valence-corrected chi connectivity index (χ1v) is 14.4. The van der Waals surface area contributed by atoms with E-state index in [1.807, 2.05) is 18.2 Å². The fraction of sp³-hybridized carbons (Fsp3) is 0.344. The van der Waals surface area contributed by atoms with E-state index in [0.29, 0.717) is 42.9 Å². The van der Waals surface area contributed by atoms with Gasteiger partial charge in [0.15, 0.2) is 5.78 Å². The third-order valence-corrected chi connectivity index (χ3v) is 7.21. The molecule has 0 unspecified atom stereocenters. The molecular formula is C32H39BrN4O3. The Morgan fingerprint density at radius 2 is 1.15 bits per heavy atom. The lowest BCUT2D eigenvalue weighted by Crippen LogP contribution is -2.27. The highest BCUT2D eigenvalue weighted by atomic mass is 79.9. The average Bonchev–Trinajstić information content (AvgIpc) is 2.92. The second kappa shape index (κ2) is 14.9. The average molecular weight is 608 g/mol. The number of halogens is 1. The van der Waals surface area contributed by atoms with E-state index in [4.69, 9.17) is 0 Å². The predicted molar refractivity (Wildman–Crippen MR) is 167 cm³/mol. The van der Waals surface area contributed by atoms with Crippen molar-refractivity contribution >= 4 is 55.1 Å². The molecule has 8 heteroatoms. The molecule has 40 heavy (non-hydrogen) atoms. The van der Waals surface area contributed by atoms with E-state index in [1.165, 1.54) is 5.56 Å². The molecule has 3 aromatic carbocycles. The SMILES string of the molecule is C=C(C)C(=O)NCCCNCc1c2ccc(Br)cc2c(CNCCCNC(=O)C(=C)C)c2cc(C(C)=O)ccc12. The van der Waals surface area contributed by atoms with Gasteiger partial charge < -0.3 is 21.3 Å². The minimum absolute atomic E-state index is 0.0277. The summed E-state index contributed by atoms with van der Waals surface area (Å²) < 4.78 is 0.984. The van der Waals surface area contributed by atoms with Crippen LogP contribution in [0.5, 0.6) is 0 Å². The molecule has 0 saturated heterocycles. The van der Waals surface area contributed by atoms with E-state index in [-0.39, 0.29) is 17.6 Å². The third kappa shape index (κ3) is 8.34. The maximum absolute atomic E-state index is 12.3. The van der Waals surface area contributed by atoms with Crippen molar-refractivity contribution in [1.82, 2.24) is 21.3 Å². The van der Waals surface area contributed by atoms with Crippen molar-refractivity contribution in [2.24, 2.45) is 0 Å². The van der Waals surface area contributed by atoms with Crippen LogP contribution in [0, 0.1) is 0 Å². The topological polar surface area (TPSA) is 99.3 Å². The van der Waals surface area contributed by atoms with Gasteiger partial charge in [-0.2, -0.15) is 0 Å². The maximum atomic E-state index is 12.3. The number of amides is 2. The van der Waals surface area contributed by atoms with Crippen LogP contribution >= 0.6 is 15.9 Å². The van der Waals surface area contributed by atoms with Crippen molar-refractivity contribution in [3.63, 3.8) is 0 Å². The van der Waals surface area contributed by atoms with Gasteiger partial charge in [-0.15, -0.1) is 0 Å². The number of ketones is 1. The van der Waals surface area contributed by atoms with Gasteiger partial charge in [-0.3, -0.25) is 14.4 Å². The molecule has 0 aliphatic heterocycles. The van der Waals surface area contributed by atoms with Crippen LogP contribution in [-0.2, 0) is 22.7 Å². The molecule has 2 amide bonds. The number of benzene rings is 3. The first-order valence-electron chi connectivity index (χ1n) is 13.6. The molecule has 0 bridgehead atoms. The van der Waals surface area contributed by atoms with Crippen LogP contribution < -0.4 is 21.3 Å². The fourth-order valence-electron chi connectivity index (χ4n) is 4.54. The molecule has 0 atom stereocenters. The molecule has 7 nitrogen and oxygen atoms in total. The Hall–Kier alpha value is -3.33. The molecule has 0 aromatic heterocycles. The molecule has 0 heterocycles. The Bertz CT molecular complexity index is 1450. The van der Waals surface area contributed by atoms with Gasteiger partial charge in [0, 0.05) is 47.4 Å². The van der Waals surface area contributed by atoms with Crippen molar-refractivity contribution in [2.75, 3.05) is 26.2 Å². The van der Waals surface area contributed by atoms with Crippen LogP contribution in [-0.4, -0.2) is 43.8 Å². The van der Waals surface area contributed by atoms with E-state index in [0.717, 1.165) is 57.5 Å². The summed E-state index contributed by atoms with van der Waals surface area (Å²) in [5.41, 5.74) is 3.99. The van der Waals surface area contributed by atoms with Crippen molar-refractivity contribution in [3.05, 3.63) is 81.9 Å². The number of rotatable bonds is 15. The van der Waals surface area contributed by atoms with Crippen LogP contribution in [0.4, 0.5) is 0 Å². The second-order valence-corrected chi connectivity index (χ2v) is 11.0. The largest absolute Gasteiger partial charge is 0.352 e. The molecule has 3 aromatic rings. The highest BCUT2D eigenvalue weighted by Gasteiger charge is 2.16. The quantitative estimate of drug-likeness (QED) is 0.0814. The second-order valence-electron chi connectivity index (χ2n) is 10.1. The van der Waals surface area contributed by atoms with E-state index in [9.17, 15) is 14.4 Å². The smallest absolute Gasteiger partial charge is 0.246 e. The zero-order chi connectivity index (χ0) is 29.2. The first-order chi connectivity index (χ1) is 19.1. The van der Waals surface area contributed by atoms with Gasteiger partial charge in [-0.25, -0.2) is 0 Å². The highest BCUT2D eigenvalue weighted by molar-refractivity contribution is 9.10. The van der Waals surface area contributed by atoms with Crippen molar-refractivity contribution in [3.8, 4) is 0 Å². The number of carbonyl (C=O) groups excluding carboxylic acids is 3. The number of fused-ring (bicyclic) bond motifs is 2. The molecule has 0 spiro atoms. The Morgan fingerprint density at radius 3 is 1.65 bits per heavy atom. The number of carbonyl (C=O) groups is 3. The molecule has 212 valence electrons. The van der Waals surface area contributed by atoms with Gasteiger partial charge in [-0.05, 0) is 97.6 Å². The van der Waals surface area contributed by atoms with Gasteiger partial charge in [0.2, 0.25) is 11.8 Å². The van der Waals surface area contributed by atoms with Gasteiger partial charge in [0.25, 0.3) is 0 Å². The lowest BCUT2D eigenvalue weighted by Gasteiger charge is -2.19. The Kier molecular flexibility index (Phi) is 11.6. The Balaban J connectivity index is 1.85. The zero-order valence-corrected chi connectivity index (χ0v) is 25.2. The van der Waals surface area contributed by atoms with Crippen molar-refractivity contribution < 1.29 is 14.4 Å². The zero-order valence-electron chi connectivity index (χ0n) is 23.6. The van der Waals surface area contributed by atoms with Crippen LogP contribution in [0.15, 0.2) is 65.2 Å². The summed E-state index contributed by atoms with van der Waals surface area (Å²) in [7, 11) is 0. The number of Topliss-reactive ketones (excluding diaryl/α,β-unsaturated/α-hetero) is 1. The summed E-state index contributed by atoms with van der Waals surface area (Å²) in [5.74, 6) is -0.219. The summed E-state index contributed by atoms with van der Waals surface area (Å²) in [6, 6.07) is 12.3. The van der Waals surface area contributed by atoms with E-state index in [2.05, 4.69) is 68.6 Å². The molecule has 0 saturated carbocycles. The van der Waals surface area contributed by atoms with Gasteiger partial charge in [-0.1, -0.05) is 47.3 Å². The molecule has 0 radical (unpaired) electrons. The highest BCUT2D eigenvalue weighted by Crippen LogP contribution is 2.35. The molecule has 4 N–H and O–H groups in total. The number of nitrogens with one attached hydrogen (secondary N) is 4. The van der Waals surface area contributed by atoms with E-state index < -0.39 is 0 Å². The monoisotopic (exact) mass is 606 g/mol. The standard InChI is InChI=1S/C32H39BrN4O3/c1-20(2)31(39)36-14-6-12-34-18-29-25-10-8-23(22(5)38)16-27(25)30(28-17-24(33)9-11-26(28)29)19-35-13-7-15-37-32(40)21(3)4/h8-11,16-17,34-35H,1,3,6-7,12-15,18-19H2,2,4-5H3,(H,36,39)(H,37,40).